The van der Waals surface area contributed by atoms with Gasteiger partial charge < -0.3 is 4.43 Å². The predicted octanol–water partition coefficient (Wildman–Crippen LogP) is 8.68. The fraction of sp³-hybridized carbons (Fsp3) is 0.562. The summed E-state index contributed by atoms with van der Waals surface area (Å²) in [7, 11) is -1.83. The number of rotatable bonds is 13. The van der Waals surface area contributed by atoms with Crippen LogP contribution in [0.1, 0.15) is 88.1 Å². The number of carbonyl (C=O) groups is 2. The molecule has 0 aliphatic heterocycles. The molecule has 37 heavy (non-hydrogen) atoms. The van der Waals surface area contributed by atoms with Gasteiger partial charge in [0, 0.05) is 30.9 Å². The van der Waals surface area contributed by atoms with Gasteiger partial charge in [-0.1, -0.05) is 76.6 Å². The van der Waals surface area contributed by atoms with Crippen LogP contribution in [-0.4, -0.2) is 26.5 Å². The quantitative estimate of drug-likeness (QED) is 0.238. The number of benzene rings is 2. The van der Waals surface area contributed by atoms with Crippen molar-refractivity contribution in [3.63, 3.8) is 0 Å². The molecule has 0 bridgehead atoms. The summed E-state index contributed by atoms with van der Waals surface area (Å²) in [6.07, 6.45) is 2.96. The molecular weight excluding hydrogens is 496 g/mol. The molecule has 0 aromatic heterocycles. The van der Waals surface area contributed by atoms with Crippen molar-refractivity contribution in [1.82, 2.24) is 0 Å². The van der Waals surface area contributed by atoms with Crippen LogP contribution < -0.4 is 0 Å². The molecule has 0 heterocycles. The molecule has 5 heteroatoms. The second-order valence-corrected chi connectivity index (χ2v) is 17.7. The maximum atomic E-state index is 12.9. The van der Waals surface area contributed by atoms with E-state index in [9.17, 15) is 9.59 Å². The Morgan fingerprint density at radius 3 is 2.24 bits per heavy atom. The first-order valence-corrected chi connectivity index (χ1v) is 16.9. The van der Waals surface area contributed by atoms with Crippen LogP contribution >= 0.6 is 11.6 Å². The predicted molar refractivity (Wildman–Crippen MR) is 159 cm³/mol. The Balaban J connectivity index is 2.17. The molecule has 0 aliphatic rings. The first kappa shape index (κ1) is 31.5. The minimum atomic E-state index is -1.83. The highest BCUT2D eigenvalue weighted by Gasteiger charge is 2.37. The van der Waals surface area contributed by atoms with Crippen LogP contribution in [0.4, 0.5) is 0 Å². The molecule has 0 saturated carbocycles. The number of hydrogen-bond donors (Lipinski definition) is 0. The summed E-state index contributed by atoms with van der Waals surface area (Å²) < 4.78 is 6.52. The second-order valence-electron chi connectivity index (χ2n) is 12.4. The van der Waals surface area contributed by atoms with Crippen LogP contribution in [0.3, 0.4) is 0 Å². The van der Waals surface area contributed by atoms with E-state index >= 15 is 0 Å². The SMILES string of the molecule is CC(=O)Cc1cccc(C(C)CCC(=O)Cc2c(C)cccc2Cl)c1CC(C)CO[Si](C)(C)C(C)(C)C. The second kappa shape index (κ2) is 13.4. The van der Waals surface area contributed by atoms with E-state index in [0.717, 1.165) is 29.5 Å². The molecular formula is C32H47ClO3Si. The molecule has 2 aromatic rings. The Hall–Kier alpha value is -1.75. The lowest BCUT2D eigenvalue weighted by Crippen LogP contribution is -2.41. The van der Waals surface area contributed by atoms with Gasteiger partial charge in [0.15, 0.2) is 8.32 Å². The number of hydrogen-bond acceptors (Lipinski definition) is 3. The van der Waals surface area contributed by atoms with Crippen molar-refractivity contribution in [1.29, 1.82) is 0 Å². The van der Waals surface area contributed by atoms with Crippen molar-refractivity contribution < 1.29 is 14.0 Å². The third-order valence-electron chi connectivity index (χ3n) is 7.95. The normalized spacial score (nSPS) is 13.9. The largest absolute Gasteiger partial charge is 0.417 e. The molecule has 2 unspecified atom stereocenters. The molecule has 0 spiro atoms. The van der Waals surface area contributed by atoms with Gasteiger partial charge in [-0.15, -0.1) is 0 Å². The van der Waals surface area contributed by atoms with Crippen molar-refractivity contribution in [3.05, 3.63) is 69.2 Å². The number of Topliss-reactive ketones (excluding diaryl/α,β-unsaturated/α-hetero) is 2. The average molecular weight is 543 g/mol. The zero-order chi connectivity index (χ0) is 28.0. The fourth-order valence-electron chi connectivity index (χ4n) is 4.48. The Morgan fingerprint density at radius 1 is 1.00 bits per heavy atom. The van der Waals surface area contributed by atoms with Crippen molar-refractivity contribution in [2.45, 2.75) is 105 Å². The number of carbonyl (C=O) groups excluding carboxylic acids is 2. The zero-order valence-corrected chi connectivity index (χ0v) is 26.2. The number of halogens is 1. The van der Waals surface area contributed by atoms with E-state index < -0.39 is 8.32 Å². The molecule has 0 aliphatic carbocycles. The lowest BCUT2D eigenvalue weighted by molar-refractivity contribution is -0.118. The van der Waals surface area contributed by atoms with Gasteiger partial charge in [0.1, 0.15) is 11.6 Å². The van der Waals surface area contributed by atoms with E-state index in [-0.39, 0.29) is 22.5 Å². The average Bonchev–Trinajstić information content (AvgIpc) is 2.78. The molecule has 0 fully saturated rings. The summed E-state index contributed by atoms with van der Waals surface area (Å²) in [5.41, 5.74) is 5.60. The van der Waals surface area contributed by atoms with Gasteiger partial charge in [-0.05, 0) is 90.5 Å². The first-order chi connectivity index (χ1) is 17.1. The summed E-state index contributed by atoms with van der Waals surface area (Å²) in [6, 6.07) is 12.1. The number of aryl methyl sites for hydroxylation is 1. The minimum Gasteiger partial charge on any atom is -0.417 e. The summed E-state index contributed by atoms with van der Waals surface area (Å²) in [5.74, 6) is 0.923. The van der Waals surface area contributed by atoms with Gasteiger partial charge in [-0.2, -0.15) is 0 Å². The van der Waals surface area contributed by atoms with Crippen LogP contribution in [0.2, 0.25) is 23.2 Å². The molecule has 0 saturated heterocycles. The molecule has 0 radical (unpaired) electrons. The van der Waals surface area contributed by atoms with Gasteiger partial charge in [-0.25, -0.2) is 0 Å². The molecule has 2 aromatic carbocycles. The van der Waals surface area contributed by atoms with Gasteiger partial charge in [0.25, 0.3) is 0 Å². The monoisotopic (exact) mass is 542 g/mol. The van der Waals surface area contributed by atoms with Gasteiger partial charge in [0.05, 0.1) is 0 Å². The van der Waals surface area contributed by atoms with Crippen LogP contribution in [0.5, 0.6) is 0 Å². The molecule has 3 nitrogen and oxygen atoms in total. The van der Waals surface area contributed by atoms with E-state index in [1.807, 2.05) is 25.1 Å². The Kier molecular flexibility index (Phi) is 11.4. The summed E-state index contributed by atoms with van der Waals surface area (Å²) in [5, 5.41) is 0.836. The third-order valence-corrected chi connectivity index (χ3v) is 12.8. The Bertz CT molecular complexity index is 1060. The Morgan fingerprint density at radius 2 is 1.65 bits per heavy atom. The maximum Gasteiger partial charge on any atom is 0.191 e. The summed E-state index contributed by atoms with van der Waals surface area (Å²) in [4.78, 5) is 24.9. The fourth-order valence-corrected chi connectivity index (χ4v) is 5.91. The maximum absolute atomic E-state index is 12.9. The van der Waals surface area contributed by atoms with Crippen molar-refractivity contribution >= 4 is 31.5 Å². The highest BCUT2D eigenvalue weighted by molar-refractivity contribution is 6.74. The molecule has 2 rings (SSSR count). The standard InChI is InChI=1S/C32H47ClO3Si/c1-22(21-36-37(8,9)32(5,6)7)18-30-26(19-25(4)34)13-11-14-28(30)24(3)16-17-27(35)20-29-23(2)12-10-15-31(29)33/h10-15,22,24H,16-21H2,1-9H3. The minimum absolute atomic E-state index is 0.168. The first-order valence-electron chi connectivity index (χ1n) is 13.6. The lowest BCUT2D eigenvalue weighted by Gasteiger charge is -2.37. The van der Waals surface area contributed by atoms with Gasteiger partial charge >= 0.3 is 0 Å². The van der Waals surface area contributed by atoms with Crippen molar-refractivity contribution in [2.75, 3.05) is 6.61 Å². The van der Waals surface area contributed by atoms with E-state index in [4.69, 9.17) is 16.0 Å². The van der Waals surface area contributed by atoms with Crippen molar-refractivity contribution in [3.8, 4) is 0 Å². The van der Waals surface area contributed by atoms with E-state index in [1.54, 1.807) is 6.92 Å². The van der Waals surface area contributed by atoms with E-state index in [1.165, 1.54) is 11.1 Å². The highest BCUT2D eigenvalue weighted by Crippen LogP contribution is 2.37. The van der Waals surface area contributed by atoms with E-state index in [2.05, 4.69) is 65.9 Å². The van der Waals surface area contributed by atoms with Crippen LogP contribution in [0.25, 0.3) is 0 Å². The van der Waals surface area contributed by atoms with Crippen molar-refractivity contribution in [2.24, 2.45) is 5.92 Å². The van der Waals surface area contributed by atoms with Crippen LogP contribution in [0.15, 0.2) is 36.4 Å². The van der Waals surface area contributed by atoms with Crippen LogP contribution in [-0.2, 0) is 33.3 Å². The Labute approximate surface area is 231 Å². The summed E-state index contributed by atoms with van der Waals surface area (Å²) in [6.45, 7) is 20.2. The molecule has 204 valence electrons. The van der Waals surface area contributed by atoms with E-state index in [0.29, 0.717) is 36.8 Å². The molecule has 2 atom stereocenters. The smallest absolute Gasteiger partial charge is 0.191 e. The topological polar surface area (TPSA) is 43.4 Å². The molecule has 0 amide bonds. The molecule has 0 N–H and O–H groups in total. The highest BCUT2D eigenvalue weighted by atomic mass is 35.5. The summed E-state index contributed by atoms with van der Waals surface area (Å²) >= 11 is 6.35. The zero-order valence-electron chi connectivity index (χ0n) is 24.5. The van der Waals surface area contributed by atoms with Crippen LogP contribution in [0, 0.1) is 12.8 Å². The van der Waals surface area contributed by atoms with Gasteiger partial charge in [-0.3, -0.25) is 9.59 Å². The lowest BCUT2D eigenvalue weighted by atomic mass is 9.84. The number of ketones is 2. The van der Waals surface area contributed by atoms with Gasteiger partial charge in [0.2, 0.25) is 0 Å². The third kappa shape index (κ3) is 9.19.